The fourth-order valence-corrected chi connectivity index (χ4v) is 2.51. The van der Waals surface area contributed by atoms with Gasteiger partial charge in [-0.1, -0.05) is 12.8 Å². The number of hydrogen-bond donors (Lipinski definition) is 1. The quantitative estimate of drug-likeness (QED) is 0.776. The van der Waals surface area contributed by atoms with Gasteiger partial charge in [-0.25, -0.2) is 0 Å². The minimum absolute atomic E-state index is 0.606. The van der Waals surface area contributed by atoms with Gasteiger partial charge in [-0.05, 0) is 31.4 Å². The zero-order valence-corrected chi connectivity index (χ0v) is 8.82. The monoisotopic (exact) mass is 193 g/mol. The average Bonchev–Trinajstić information content (AvgIpc) is 2.65. The molecular weight excluding hydrogens is 174 g/mol. The second-order valence-electron chi connectivity index (χ2n) is 4.30. The number of nitrogens with zero attached hydrogens (tertiary/aromatic N) is 2. The Morgan fingerprint density at radius 2 is 2.29 bits per heavy atom. The molecule has 78 valence electrons. The predicted molar refractivity (Wildman–Crippen MR) is 57.0 cm³/mol. The van der Waals surface area contributed by atoms with E-state index in [0.29, 0.717) is 11.8 Å². The van der Waals surface area contributed by atoms with Gasteiger partial charge in [0.25, 0.3) is 0 Å². The molecule has 2 N–H and O–H groups in total. The molecule has 0 spiro atoms. The highest BCUT2D eigenvalue weighted by Gasteiger charge is 2.26. The lowest BCUT2D eigenvalue weighted by atomic mass is 9.77. The number of aryl methyl sites for hydroxylation is 1. The zero-order chi connectivity index (χ0) is 9.97. The van der Waals surface area contributed by atoms with Gasteiger partial charge in [0.15, 0.2) is 0 Å². The van der Waals surface area contributed by atoms with Crippen LogP contribution in [0.1, 0.15) is 37.3 Å². The Bertz CT molecular complexity index is 292. The molecule has 14 heavy (non-hydrogen) atoms. The number of nitrogens with two attached hydrogens (primary N) is 1. The average molecular weight is 193 g/mol. The minimum atomic E-state index is 0.606. The van der Waals surface area contributed by atoms with Crippen LogP contribution in [0.2, 0.25) is 0 Å². The predicted octanol–water partition coefficient (Wildman–Crippen LogP) is 1.65. The van der Waals surface area contributed by atoms with Crippen LogP contribution >= 0.6 is 0 Å². The maximum atomic E-state index is 5.80. The summed E-state index contributed by atoms with van der Waals surface area (Å²) in [6, 6.07) is 2.14. The summed E-state index contributed by atoms with van der Waals surface area (Å²) in [5.74, 6) is 1.26. The number of hydrogen-bond acceptors (Lipinski definition) is 2. The summed E-state index contributed by atoms with van der Waals surface area (Å²) in [5.41, 5.74) is 7.04. The highest BCUT2D eigenvalue weighted by molar-refractivity contribution is 5.09. The van der Waals surface area contributed by atoms with Crippen molar-refractivity contribution in [3.8, 4) is 0 Å². The van der Waals surface area contributed by atoms with Crippen molar-refractivity contribution in [2.24, 2.45) is 18.7 Å². The molecule has 2 atom stereocenters. The van der Waals surface area contributed by atoms with E-state index < -0.39 is 0 Å². The summed E-state index contributed by atoms with van der Waals surface area (Å²) >= 11 is 0. The lowest BCUT2D eigenvalue weighted by Gasteiger charge is -2.29. The van der Waals surface area contributed by atoms with Crippen molar-refractivity contribution < 1.29 is 0 Å². The van der Waals surface area contributed by atoms with Crippen LogP contribution in [0.15, 0.2) is 12.3 Å². The Morgan fingerprint density at radius 1 is 1.50 bits per heavy atom. The maximum absolute atomic E-state index is 5.80. The highest BCUT2D eigenvalue weighted by Crippen LogP contribution is 2.36. The second kappa shape index (κ2) is 4.13. The van der Waals surface area contributed by atoms with Crippen LogP contribution in [0.4, 0.5) is 0 Å². The minimum Gasteiger partial charge on any atom is -0.330 e. The van der Waals surface area contributed by atoms with Crippen molar-refractivity contribution in [1.82, 2.24) is 9.78 Å². The molecule has 0 bridgehead atoms. The third kappa shape index (κ3) is 1.82. The van der Waals surface area contributed by atoms with Crippen molar-refractivity contribution >= 4 is 0 Å². The van der Waals surface area contributed by atoms with Gasteiger partial charge in [0.05, 0.1) is 5.69 Å². The van der Waals surface area contributed by atoms with E-state index in [-0.39, 0.29) is 0 Å². The molecule has 0 aliphatic heterocycles. The first-order valence-corrected chi connectivity index (χ1v) is 5.51. The fraction of sp³-hybridized carbons (Fsp3) is 0.727. The molecule has 0 radical (unpaired) electrons. The van der Waals surface area contributed by atoms with Crippen LogP contribution in [0.25, 0.3) is 0 Å². The molecule has 1 heterocycles. The summed E-state index contributed by atoms with van der Waals surface area (Å²) in [7, 11) is 1.98. The Balaban J connectivity index is 2.14. The van der Waals surface area contributed by atoms with Crippen molar-refractivity contribution in [3.05, 3.63) is 18.0 Å². The summed E-state index contributed by atoms with van der Waals surface area (Å²) < 4.78 is 1.89. The summed E-state index contributed by atoms with van der Waals surface area (Å²) in [6.45, 7) is 0.807. The Kier molecular flexibility index (Phi) is 2.87. The van der Waals surface area contributed by atoms with Crippen molar-refractivity contribution in [2.75, 3.05) is 6.54 Å². The van der Waals surface area contributed by atoms with E-state index >= 15 is 0 Å². The molecule has 0 amide bonds. The highest BCUT2D eigenvalue weighted by atomic mass is 15.2. The zero-order valence-electron chi connectivity index (χ0n) is 8.82. The molecule has 0 saturated heterocycles. The van der Waals surface area contributed by atoms with Gasteiger partial charge in [0.2, 0.25) is 0 Å². The largest absolute Gasteiger partial charge is 0.330 e. The topological polar surface area (TPSA) is 43.8 Å². The van der Waals surface area contributed by atoms with Crippen LogP contribution in [0.5, 0.6) is 0 Å². The molecule has 1 aromatic heterocycles. The van der Waals surface area contributed by atoms with E-state index in [0.717, 1.165) is 6.54 Å². The Morgan fingerprint density at radius 3 is 2.93 bits per heavy atom. The third-order valence-electron chi connectivity index (χ3n) is 3.33. The first-order chi connectivity index (χ1) is 6.81. The summed E-state index contributed by atoms with van der Waals surface area (Å²) in [5, 5.41) is 4.49. The molecule has 3 heteroatoms. The van der Waals surface area contributed by atoms with Crippen LogP contribution in [-0.2, 0) is 7.05 Å². The van der Waals surface area contributed by atoms with Crippen LogP contribution in [0, 0.1) is 5.92 Å². The van der Waals surface area contributed by atoms with Gasteiger partial charge in [-0.3, -0.25) is 4.68 Å². The van der Waals surface area contributed by atoms with Gasteiger partial charge in [0, 0.05) is 19.2 Å². The van der Waals surface area contributed by atoms with Crippen LogP contribution in [0.3, 0.4) is 0 Å². The SMILES string of the molecule is Cn1ccc(C2CCCCC2CN)n1. The van der Waals surface area contributed by atoms with E-state index in [9.17, 15) is 0 Å². The summed E-state index contributed by atoms with van der Waals surface area (Å²) in [6.07, 6.45) is 7.23. The van der Waals surface area contributed by atoms with Gasteiger partial charge < -0.3 is 5.73 Å². The van der Waals surface area contributed by atoms with E-state index in [4.69, 9.17) is 5.73 Å². The molecule has 2 unspecified atom stereocenters. The van der Waals surface area contributed by atoms with Crippen LogP contribution < -0.4 is 5.73 Å². The first-order valence-electron chi connectivity index (χ1n) is 5.51. The fourth-order valence-electron chi connectivity index (χ4n) is 2.51. The second-order valence-corrected chi connectivity index (χ2v) is 4.30. The molecule has 3 nitrogen and oxygen atoms in total. The Labute approximate surface area is 85.3 Å². The number of aromatic nitrogens is 2. The molecule has 1 aliphatic rings. The van der Waals surface area contributed by atoms with Gasteiger partial charge in [0.1, 0.15) is 0 Å². The molecule has 1 aliphatic carbocycles. The maximum Gasteiger partial charge on any atom is 0.0658 e. The number of rotatable bonds is 2. The first kappa shape index (κ1) is 9.71. The standard InChI is InChI=1S/C11H19N3/c1-14-7-6-11(13-14)10-5-3-2-4-9(10)8-12/h6-7,9-10H,2-5,8,12H2,1H3. The van der Waals surface area contributed by atoms with E-state index in [2.05, 4.69) is 11.2 Å². The molecule has 2 rings (SSSR count). The van der Waals surface area contributed by atoms with E-state index in [1.54, 1.807) is 0 Å². The van der Waals surface area contributed by atoms with Crippen molar-refractivity contribution in [3.63, 3.8) is 0 Å². The van der Waals surface area contributed by atoms with Crippen molar-refractivity contribution in [2.45, 2.75) is 31.6 Å². The molecular formula is C11H19N3. The molecule has 1 saturated carbocycles. The van der Waals surface area contributed by atoms with Gasteiger partial charge in [-0.15, -0.1) is 0 Å². The van der Waals surface area contributed by atoms with E-state index in [1.807, 2.05) is 17.9 Å². The van der Waals surface area contributed by atoms with Gasteiger partial charge in [-0.2, -0.15) is 5.10 Å². The van der Waals surface area contributed by atoms with Crippen LogP contribution in [-0.4, -0.2) is 16.3 Å². The van der Waals surface area contributed by atoms with Crippen molar-refractivity contribution in [1.29, 1.82) is 0 Å². The molecule has 1 aromatic rings. The summed E-state index contributed by atoms with van der Waals surface area (Å²) in [4.78, 5) is 0. The smallest absolute Gasteiger partial charge is 0.0658 e. The Hall–Kier alpha value is -0.830. The lowest BCUT2D eigenvalue weighted by molar-refractivity contribution is 0.308. The third-order valence-corrected chi connectivity index (χ3v) is 3.33. The van der Waals surface area contributed by atoms with E-state index in [1.165, 1.54) is 31.4 Å². The lowest BCUT2D eigenvalue weighted by Crippen LogP contribution is -2.25. The van der Waals surface area contributed by atoms with Gasteiger partial charge >= 0.3 is 0 Å². The molecule has 0 aromatic carbocycles. The normalized spacial score (nSPS) is 27.9. The molecule has 1 fully saturated rings.